The van der Waals surface area contributed by atoms with Gasteiger partial charge in [-0.05, 0) is 36.4 Å². The number of hydrogen-bond donors (Lipinski definition) is 1. The minimum Gasteiger partial charge on any atom is -0.508 e. The number of nitrogens with zero attached hydrogens (tertiary/aromatic N) is 3. The SMILES string of the molecule is Oc1ccc(-c2cn(-c3ccccc3OC(F)(F)F)nn2)cc1. The van der Waals surface area contributed by atoms with E-state index in [9.17, 15) is 18.3 Å². The number of ether oxygens (including phenoxy) is 1. The summed E-state index contributed by atoms with van der Waals surface area (Å²) in [6.07, 6.45) is -3.32. The van der Waals surface area contributed by atoms with Crippen molar-refractivity contribution in [2.24, 2.45) is 0 Å². The standard InChI is InChI=1S/C15H10F3N3O2/c16-15(17,18)23-14-4-2-1-3-13(14)21-9-12(19-20-21)10-5-7-11(22)8-6-10/h1-9,22H. The van der Waals surface area contributed by atoms with Crippen LogP contribution in [-0.4, -0.2) is 26.5 Å². The van der Waals surface area contributed by atoms with Gasteiger partial charge in [0.25, 0.3) is 0 Å². The highest BCUT2D eigenvalue weighted by Gasteiger charge is 2.32. The summed E-state index contributed by atoms with van der Waals surface area (Å²) in [6, 6.07) is 11.9. The fourth-order valence-electron chi connectivity index (χ4n) is 2.00. The van der Waals surface area contributed by atoms with Crippen molar-refractivity contribution in [1.29, 1.82) is 0 Å². The van der Waals surface area contributed by atoms with E-state index in [1.54, 1.807) is 18.2 Å². The average molecular weight is 321 g/mol. The van der Waals surface area contributed by atoms with E-state index in [2.05, 4.69) is 15.0 Å². The monoisotopic (exact) mass is 321 g/mol. The van der Waals surface area contributed by atoms with Gasteiger partial charge in [-0.15, -0.1) is 18.3 Å². The fourth-order valence-corrected chi connectivity index (χ4v) is 2.00. The Morgan fingerprint density at radius 2 is 1.70 bits per heavy atom. The molecule has 0 aliphatic heterocycles. The lowest BCUT2D eigenvalue weighted by atomic mass is 10.2. The lowest BCUT2D eigenvalue weighted by molar-refractivity contribution is -0.274. The van der Waals surface area contributed by atoms with E-state index in [1.807, 2.05) is 0 Å². The van der Waals surface area contributed by atoms with Crippen molar-refractivity contribution >= 4 is 0 Å². The molecule has 0 radical (unpaired) electrons. The van der Waals surface area contributed by atoms with Crippen molar-refractivity contribution in [2.45, 2.75) is 6.36 Å². The summed E-state index contributed by atoms with van der Waals surface area (Å²) in [5.74, 6) is -0.271. The Bertz CT molecular complexity index is 813. The van der Waals surface area contributed by atoms with Crippen LogP contribution >= 0.6 is 0 Å². The number of halogens is 3. The first kappa shape index (κ1) is 14.9. The summed E-state index contributed by atoms with van der Waals surface area (Å²) in [7, 11) is 0. The first-order valence-electron chi connectivity index (χ1n) is 6.49. The molecular formula is C15H10F3N3O2. The van der Waals surface area contributed by atoms with Gasteiger partial charge in [0.1, 0.15) is 17.1 Å². The summed E-state index contributed by atoms with van der Waals surface area (Å²) >= 11 is 0. The minimum atomic E-state index is -4.80. The van der Waals surface area contributed by atoms with E-state index in [-0.39, 0.29) is 17.2 Å². The fraction of sp³-hybridized carbons (Fsp3) is 0.0667. The van der Waals surface area contributed by atoms with Gasteiger partial charge in [0, 0.05) is 5.56 Å². The molecule has 8 heteroatoms. The number of aromatic hydroxyl groups is 1. The van der Waals surface area contributed by atoms with Gasteiger partial charge in [-0.3, -0.25) is 0 Å². The summed E-state index contributed by atoms with van der Waals surface area (Å²) < 4.78 is 42.6. The molecule has 0 bridgehead atoms. The maximum atomic E-state index is 12.5. The van der Waals surface area contributed by atoms with E-state index in [1.165, 1.54) is 41.2 Å². The summed E-state index contributed by atoms with van der Waals surface area (Å²) in [5, 5.41) is 17.0. The largest absolute Gasteiger partial charge is 0.573 e. The molecule has 0 atom stereocenters. The zero-order valence-corrected chi connectivity index (χ0v) is 11.5. The number of phenolic OH excluding ortho intramolecular Hbond substituents is 1. The Labute approximate surface area is 128 Å². The second kappa shape index (κ2) is 5.64. The van der Waals surface area contributed by atoms with Crippen molar-refractivity contribution in [1.82, 2.24) is 15.0 Å². The maximum Gasteiger partial charge on any atom is 0.573 e. The van der Waals surface area contributed by atoms with E-state index in [0.29, 0.717) is 11.3 Å². The van der Waals surface area contributed by atoms with E-state index < -0.39 is 6.36 Å². The molecule has 0 amide bonds. The zero-order chi connectivity index (χ0) is 16.4. The van der Waals surface area contributed by atoms with Crippen LogP contribution in [0.15, 0.2) is 54.7 Å². The van der Waals surface area contributed by atoms with Crippen molar-refractivity contribution in [2.75, 3.05) is 0 Å². The van der Waals surface area contributed by atoms with Crippen LogP contribution in [0.5, 0.6) is 11.5 Å². The van der Waals surface area contributed by atoms with Gasteiger partial charge in [0.05, 0.1) is 6.20 Å². The van der Waals surface area contributed by atoms with Gasteiger partial charge in [0.2, 0.25) is 0 Å². The number of alkyl halides is 3. The van der Waals surface area contributed by atoms with Crippen LogP contribution in [0.3, 0.4) is 0 Å². The van der Waals surface area contributed by atoms with Crippen LogP contribution in [-0.2, 0) is 0 Å². The third-order valence-electron chi connectivity index (χ3n) is 2.99. The molecule has 0 aliphatic carbocycles. The van der Waals surface area contributed by atoms with Crippen molar-refractivity contribution in [3.63, 3.8) is 0 Å². The topological polar surface area (TPSA) is 60.2 Å². The molecule has 5 nitrogen and oxygen atoms in total. The lowest BCUT2D eigenvalue weighted by Crippen LogP contribution is -2.18. The Hall–Kier alpha value is -3.03. The van der Waals surface area contributed by atoms with Gasteiger partial charge >= 0.3 is 6.36 Å². The molecule has 0 saturated carbocycles. The number of rotatable bonds is 3. The number of benzene rings is 2. The normalized spacial score (nSPS) is 11.4. The number of para-hydroxylation sites is 2. The van der Waals surface area contributed by atoms with Crippen LogP contribution in [0.2, 0.25) is 0 Å². The Kier molecular flexibility index (Phi) is 3.65. The number of aromatic nitrogens is 3. The van der Waals surface area contributed by atoms with Crippen LogP contribution < -0.4 is 4.74 Å². The van der Waals surface area contributed by atoms with Gasteiger partial charge < -0.3 is 9.84 Å². The van der Waals surface area contributed by atoms with Crippen molar-refractivity contribution in [3.05, 3.63) is 54.7 Å². The van der Waals surface area contributed by atoms with E-state index >= 15 is 0 Å². The van der Waals surface area contributed by atoms with Crippen LogP contribution in [0, 0.1) is 0 Å². The molecule has 2 aromatic carbocycles. The second-order valence-corrected chi connectivity index (χ2v) is 4.61. The quantitative estimate of drug-likeness (QED) is 0.801. The van der Waals surface area contributed by atoms with E-state index in [4.69, 9.17) is 0 Å². The molecule has 118 valence electrons. The average Bonchev–Trinajstić information content (AvgIpc) is 2.96. The van der Waals surface area contributed by atoms with Gasteiger partial charge in [-0.2, -0.15) is 0 Å². The van der Waals surface area contributed by atoms with Crippen molar-refractivity contribution < 1.29 is 23.0 Å². The van der Waals surface area contributed by atoms with Crippen LogP contribution in [0.25, 0.3) is 16.9 Å². The summed E-state index contributed by atoms with van der Waals surface area (Å²) in [6.45, 7) is 0. The number of phenols is 1. The van der Waals surface area contributed by atoms with E-state index in [0.717, 1.165) is 0 Å². The van der Waals surface area contributed by atoms with Crippen molar-refractivity contribution in [3.8, 4) is 28.4 Å². The second-order valence-electron chi connectivity index (χ2n) is 4.61. The molecular weight excluding hydrogens is 311 g/mol. The molecule has 3 rings (SSSR count). The third kappa shape index (κ3) is 3.42. The van der Waals surface area contributed by atoms with Crippen LogP contribution in [0.1, 0.15) is 0 Å². The maximum absolute atomic E-state index is 12.5. The van der Waals surface area contributed by atoms with Gasteiger partial charge in [-0.25, -0.2) is 4.68 Å². The molecule has 0 saturated heterocycles. The Morgan fingerprint density at radius 1 is 1.00 bits per heavy atom. The lowest BCUT2D eigenvalue weighted by Gasteiger charge is -2.12. The Morgan fingerprint density at radius 3 is 2.39 bits per heavy atom. The van der Waals surface area contributed by atoms with Gasteiger partial charge in [0.15, 0.2) is 5.75 Å². The third-order valence-corrected chi connectivity index (χ3v) is 2.99. The predicted molar refractivity (Wildman–Crippen MR) is 75.1 cm³/mol. The molecule has 1 N–H and O–H groups in total. The number of hydrogen-bond acceptors (Lipinski definition) is 4. The molecule has 0 aliphatic rings. The molecule has 3 aromatic rings. The molecule has 23 heavy (non-hydrogen) atoms. The zero-order valence-electron chi connectivity index (χ0n) is 11.5. The summed E-state index contributed by atoms with van der Waals surface area (Å²) in [5.41, 5.74) is 1.23. The highest BCUT2D eigenvalue weighted by atomic mass is 19.4. The molecule has 0 fully saturated rings. The summed E-state index contributed by atoms with van der Waals surface area (Å²) in [4.78, 5) is 0. The smallest absolute Gasteiger partial charge is 0.508 e. The minimum absolute atomic E-state index is 0.102. The first-order valence-corrected chi connectivity index (χ1v) is 6.49. The highest BCUT2D eigenvalue weighted by Crippen LogP contribution is 2.29. The molecule has 1 heterocycles. The Balaban J connectivity index is 1.96. The highest BCUT2D eigenvalue weighted by molar-refractivity contribution is 5.59. The first-order chi connectivity index (χ1) is 10.9. The molecule has 1 aromatic heterocycles. The van der Waals surface area contributed by atoms with Crippen LogP contribution in [0.4, 0.5) is 13.2 Å². The predicted octanol–water partition coefficient (Wildman–Crippen LogP) is 3.54. The molecule has 0 unspecified atom stereocenters. The van der Waals surface area contributed by atoms with Gasteiger partial charge in [-0.1, -0.05) is 17.3 Å². The molecule has 0 spiro atoms.